The Morgan fingerprint density at radius 3 is 2.59 bits per heavy atom. The lowest BCUT2D eigenvalue weighted by Gasteiger charge is -2.12. The first-order valence-electron chi connectivity index (χ1n) is 5.96. The molecule has 0 heterocycles. The van der Waals surface area contributed by atoms with Crippen molar-refractivity contribution in [1.29, 1.82) is 0 Å². The average Bonchev–Trinajstić information content (AvgIpc) is 2.30. The van der Waals surface area contributed by atoms with Crippen LogP contribution >= 0.6 is 0 Å². The Morgan fingerprint density at radius 1 is 1.29 bits per heavy atom. The van der Waals surface area contributed by atoms with Crippen molar-refractivity contribution in [3.8, 4) is 5.75 Å². The number of rotatable bonds is 6. The number of nitrogen functional groups attached to an aromatic ring is 2. The Hall–Kier alpha value is -1.71. The van der Waals surface area contributed by atoms with E-state index in [4.69, 9.17) is 11.5 Å². The minimum atomic E-state index is -0.0859. The highest BCUT2D eigenvalue weighted by Gasteiger charge is 2.13. The van der Waals surface area contributed by atoms with Crippen molar-refractivity contribution in [1.82, 2.24) is 0 Å². The van der Waals surface area contributed by atoms with Crippen LogP contribution in [0.2, 0.25) is 0 Å². The van der Waals surface area contributed by atoms with Crippen molar-refractivity contribution in [3.05, 3.63) is 17.2 Å². The second-order valence-electron chi connectivity index (χ2n) is 4.22. The summed E-state index contributed by atoms with van der Waals surface area (Å²) in [5, 5.41) is 9.63. The summed E-state index contributed by atoms with van der Waals surface area (Å²) in [5.74, 6) is -0.0859. The Balaban J connectivity index is 2.91. The number of phenolic OH excluding ortho intramolecular Hbond substituents is 1. The van der Waals surface area contributed by atoms with Gasteiger partial charge in [0.15, 0.2) is 6.29 Å². The zero-order valence-electron chi connectivity index (χ0n) is 10.2. The summed E-state index contributed by atoms with van der Waals surface area (Å²) >= 11 is 0. The number of carbonyl (C=O) groups excluding carboxylic acids is 1. The number of benzene rings is 1. The van der Waals surface area contributed by atoms with E-state index in [-0.39, 0.29) is 11.3 Å². The lowest BCUT2D eigenvalue weighted by Crippen LogP contribution is -2.04. The average molecular weight is 236 g/mol. The molecule has 4 nitrogen and oxygen atoms in total. The molecule has 0 amide bonds. The summed E-state index contributed by atoms with van der Waals surface area (Å²) in [5.41, 5.74) is 13.2. The molecule has 0 atom stereocenters. The van der Waals surface area contributed by atoms with Gasteiger partial charge in [-0.25, -0.2) is 0 Å². The Labute approximate surface area is 102 Å². The molecule has 0 bridgehead atoms. The first-order chi connectivity index (χ1) is 8.11. The minimum absolute atomic E-state index is 0.0859. The van der Waals surface area contributed by atoms with Crippen LogP contribution in [0.15, 0.2) is 6.07 Å². The molecule has 1 aromatic rings. The fourth-order valence-corrected chi connectivity index (χ4v) is 1.91. The van der Waals surface area contributed by atoms with Crippen molar-refractivity contribution in [2.75, 3.05) is 11.5 Å². The van der Waals surface area contributed by atoms with Gasteiger partial charge in [0.25, 0.3) is 0 Å². The molecule has 4 heteroatoms. The van der Waals surface area contributed by atoms with Crippen molar-refractivity contribution in [2.24, 2.45) is 0 Å². The van der Waals surface area contributed by atoms with E-state index in [0.717, 1.165) is 25.7 Å². The molecule has 1 rings (SSSR count). The van der Waals surface area contributed by atoms with E-state index >= 15 is 0 Å². The van der Waals surface area contributed by atoms with Crippen molar-refractivity contribution in [3.63, 3.8) is 0 Å². The van der Waals surface area contributed by atoms with Crippen LogP contribution in [0.5, 0.6) is 5.75 Å². The smallest absolute Gasteiger partial charge is 0.154 e. The van der Waals surface area contributed by atoms with Crippen LogP contribution in [0.25, 0.3) is 0 Å². The zero-order chi connectivity index (χ0) is 12.8. The van der Waals surface area contributed by atoms with Crippen LogP contribution in [0, 0.1) is 0 Å². The summed E-state index contributed by atoms with van der Waals surface area (Å²) in [7, 11) is 0. The molecule has 0 aromatic heterocycles. The second kappa shape index (κ2) is 6.13. The third kappa shape index (κ3) is 3.12. The highest BCUT2D eigenvalue weighted by Crippen LogP contribution is 2.31. The lowest BCUT2D eigenvalue weighted by molar-refractivity contribution is 0.112. The van der Waals surface area contributed by atoms with Crippen LogP contribution in [-0.2, 0) is 6.42 Å². The predicted molar refractivity (Wildman–Crippen MR) is 70.2 cm³/mol. The number of nitrogens with two attached hydrogens (primary N) is 2. The lowest BCUT2D eigenvalue weighted by atomic mass is 9.98. The zero-order valence-corrected chi connectivity index (χ0v) is 10.2. The number of unbranched alkanes of at least 4 members (excludes halogenated alkanes) is 3. The van der Waals surface area contributed by atoms with E-state index in [2.05, 4.69) is 6.92 Å². The van der Waals surface area contributed by atoms with Crippen LogP contribution < -0.4 is 11.5 Å². The molecule has 1 aromatic carbocycles. The van der Waals surface area contributed by atoms with Gasteiger partial charge in [-0.2, -0.15) is 0 Å². The fraction of sp³-hybridized carbons (Fsp3) is 0.462. The van der Waals surface area contributed by atoms with Crippen molar-refractivity contribution >= 4 is 17.7 Å². The Morgan fingerprint density at radius 2 is 2.00 bits per heavy atom. The van der Waals surface area contributed by atoms with Gasteiger partial charge in [0.05, 0.1) is 16.9 Å². The minimum Gasteiger partial charge on any atom is -0.507 e. The molecule has 0 aliphatic heterocycles. The third-order valence-electron chi connectivity index (χ3n) is 2.93. The standard InChI is InChI=1S/C13H20N2O2/c1-2-3-4-5-6-9-10(8-16)12(17)7-11(14)13(9)15/h7-8,17H,2-6,14-15H2,1H3. The van der Waals surface area contributed by atoms with E-state index in [9.17, 15) is 9.90 Å². The third-order valence-corrected chi connectivity index (χ3v) is 2.93. The maximum absolute atomic E-state index is 10.9. The molecule has 0 saturated carbocycles. The molecule has 0 saturated heterocycles. The van der Waals surface area contributed by atoms with Gasteiger partial charge in [0.1, 0.15) is 5.75 Å². The molecule has 0 aliphatic carbocycles. The Bertz CT molecular complexity index is 403. The maximum Gasteiger partial charge on any atom is 0.154 e. The topological polar surface area (TPSA) is 89.3 Å². The molecule has 0 aliphatic rings. The maximum atomic E-state index is 10.9. The summed E-state index contributed by atoms with van der Waals surface area (Å²) in [6, 6.07) is 1.33. The summed E-state index contributed by atoms with van der Waals surface area (Å²) in [6.45, 7) is 2.14. The number of hydrogen-bond donors (Lipinski definition) is 3. The predicted octanol–water partition coefficient (Wildman–Crippen LogP) is 2.49. The normalized spacial score (nSPS) is 10.4. The number of anilines is 2. The molecule has 17 heavy (non-hydrogen) atoms. The summed E-state index contributed by atoms with van der Waals surface area (Å²) < 4.78 is 0. The molecule has 0 fully saturated rings. The van der Waals surface area contributed by atoms with Gasteiger partial charge in [-0.05, 0) is 18.4 Å². The van der Waals surface area contributed by atoms with Crippen LogP contribution in [0.1, 0.15) is 48.5 Å². The number of aldehydes is 1. The quantitative estimate of drug-likeness (QED) is 0.306. The fourth-order valence-electron chi connectivity index (χ4n) is 1.91. The van der Waals surface area contributed by atoms with Crippen LogP contribution in [-0.4, -0.2) is 11.4 Å². The number of aromatic hydroxyl groups is 1. The Kier molecular flexibility index (Phi) is 4.82. The van der Waals surface area contributed by atoms with Crippen LogP contribution in [0.3, 0.4) is 0 Å². The van der Waals surface area contributed by atoms with Crippen molar-refractivity contribution < 1.29 is 9.90 Å². The number of phenols is 1. The van der Waals surface area contributed by atoms with Gasteiger partial charge in [-0.15, -0.1) is 0 Å². The van der Waals surface area contributed by atoms with Gasteiger partial charge in [-0.1, -0.05) is 26.2 Å². The monoisotopic (exact) mass is 236 g/mol. The first-order valence-corrected chi connectivity index (χ1v) is 5.96. The van der Waals surface area contributed by atoms with Gasteiger partial charge < -0.3 is 16.6 Å². The SMILES string of the molecule is CCCCCCc1c(N)c(N)cc(O)c1C=O. The molecule has 0 spiro atoms. The van der Waals surface area contributed by atoms with Gasteiger partial charge in [0, 0.05) is 6.07 Å². The van der Waals surface area contributed by atoms with E-state index in [0.29, 0.717) is 29.6 Å². The van der Waals surface area contributed by atoms with Gasteiger partial charge >= 0.3 is 0 Å². The second-order valence-corrected chi connectivity index (χ2v) is 4.22. The summed E-state index contributed by atoms with van der Waals surface area (Å²) in [4.78, 5) is 10.9. The molecular formula is C13H20N2O2. The largest absolute Gasteiger partial charge is 0.507 e. The van der Waals surface area contributed by atoms with E-state index in [1.807, 2.05) is 0 Å². The highest BCUT2D eigenvalue weighted by atomic mass is 16.3. The summed E-state index contributed by atoms with van der Waals surface area (Å²) in [6.07, 6.45) is 5.66. The van der Waals surface area contributed by atoms with Gasteiger partial charge in [-0.3, -0.25) is 4.79 Å². The number of hydrogen-bond acceptors (Lipinski definition) is 4. The van der Waals surface area contributed by atoms with Crippen molar-refractivity contribution in [2.45, 2.75) is 39.0 Å². The van der Waals surface area contributed by atoms with Gasteiger partial charge in [0.2, 0.25) is 0 Å². The van der Waals surface area contributed by atoms with Crippen LogP contribution in [0.4, 0.5) is 11.4 Å². The highest BCUT2D eigenvalue weighted by molar-refractivity contribution is 5.88. The first kappa shape index (κ1) is 13.4. The molecule has 5 N–H and O–H groups in total. The molecule has 0 radical (unpaired) electrons. The molecular weight excluding hydrogens is 216 g/mol. The van der Waals surface area contributed by atoms with E-state index in [1.54, 1.807) is 0 Å². The number of carbonyl (C=O) groups is 1. The molecule has 94 valence electrons. The molecule has 0 unspecified atom stereocenters. The van der Waals surface area contributed by atoms with E-state index < -0.39 is 0 Å². The van der Waals surface area contributed by atoms with E-state index in [1.165, 1.54) is 6.07 Å².